The Hall–Kier alpha value is -1.03. The van der Waals surface area contributed by atoms with Gasteiger partial charge in [-0.05, 0) is 34.5 Å². The fraction of sp³-hybridized carbons (Fsp3) is 0.222. The van der Waals surface area contributed by atoms with E-state index in [0.717, 1.165) is 0 Å². The van der Waals surface area contributed by atoms with Crippen molar-refractivity contribution in [3.05, 3.63) is 27.7 Å². The predicted octanol–water partition coefficient (Wildman–Crippen LogP) is 2.46. The number of aryl methyl sites for hydroxylation is 1. The zero-order chi connectivity index (χ0) is 10.0. The van der Waals surface area contributed by atoms with E-state index < -0.39 is 5.97 Å². The SMILES string of the molecule is COc1ccc(C)c(C(=O)O)c1Br. The van der Waals surface area contributed by atoms with Crippen LogP contribution in [-0.2, 0) is 0 Å². The Balaban J connectivity index is 3.38. The molecule has 0 aliphatic carbocycles. The van der Waals surface area contributed by atoms with Crippen molar-refractivity contribution in [2.75, 3.05) is 7.11 Å². The molecule has 0 spiro atoms. The van der Waals surface area contributed by atoms with Gasteiger partial charge in [0, 0.05) is 0 Å². The standard InChI is InChI=1S/C9H9BrO3/c1-5-3-4-6(13-2)8(10)7(5)9(11)12/h3-4H,1-2H3,(H,11,12). The third kappa shape index (κ3) is 1.83. The Labute approximate surface area is 84.5 Å². The number of carboxylic acids is 1. The van der Waals surface area contributed by atoms with Crippen LogP contribution in [0.4, 0.5) is 0 Å². The number of hydrogen-bond acceptors (Lipinski definition) is 2. The lowest BCUT2D eigenvalue weighted by Gasteiger charge is -2.08. The molecule has 0 fully saturated rings. The van der Waals surface area contributed by atoms with E-state index in [4.69, 9.17) is 9.84 Å². The highest BCUT2D eigenvalue weighted by Crippen LogP contribution is 2.30. The summed E-state index contributed by atoms with van der Waals surface area (Å²) < 4.78 is 5.47. The van der Waals surface area contributed by atoms with Crippen LogP contribution in [-0.4, -0.2) is 18.2 Å². The highest BCUT2D eigenvalue weighted by atomic mass is 79.9. The minimum atomic E-state index is -0.955. The summed E-state index contributed by atoms with van der Waals surface area (Å²) in [5.74, 6) is -0.425. The van der Waals surface area contributed by atoms with Gasteiger partial charge in [0.1, 0.15) is 5.75 Å². The van der Waals surface area contributed by atoms with Crippen LogP contribution in [0.2, 0.25) is 0 Å². The van der Waals surface area contributed by atoms with Gasteiger partial charge in [0.2, 0.25) is 0 Å². The number of ether oxygens (including phenoxy) is 1. The quantitative estimate of drug-likeness (QED) is 0.870. The maximum atomic E-state index is 10.8. The van der Waals surface area contributed by atoms with Crippen molar-refractivity contribution in [2.45, 2.75) is 6.92 Å². The molecule has 0 saturated carbocycles. The van der Waals surface area contributed by atoms with E-state index in [1.165, 1.54) is 7.11 Å². The summed E-state index contributed by atoms with van der Waals surface area (Å²) in [6.45, 7) is 1.74. The van der Waals surface area contributed by atoms with Crippen LogP contribution >= 0.6 is 15.9 Å². The molecule has 3 nitrogen and oxygen atoms in total. The van der Waals surface area contributed by atoms with Crippen LogP contribution in [0.15, 0.2) is 16.6 Å². The van der Waals surface area contributed by atoms with Crippen molar-refractivity contribution in [1.82, 2.24) is 0 Å². The van der Waals surface area contributed by atoms with Crippen LogP contribution in [0.25, 0.3) is 0 Å². The van der Waals surface area contributed by atoms with Gasteiger partial charge in [-0.15, -0.1) is 0 Å². The number of carbonyl (C=O) groups is 1. The second-order valence-corrected chi connectivity index (χ2v) is 3.37. The van der Waals surface area contributed by atoms with Gasteiger partial charge >= 0.3 is 5.97 Å². The first-order valence-corrected chi connectivity index (χ1v) is 4.43. The van der Waals surface area contributed by atoms with Crippen molar-refractivity contribution >= 4 is 21.9 Å². The third-order valence-electron chi connectivity index (χ3n) is 1.75. The molecule has 0 aliphatic rings. The van der Waals surface area contributed by atoms with Gasteiger partial charge in [0.15, 0.2) is 0 Å². The first-order chi connectivity index (χ1) is 6.07. The summed E-state index contributed by atoms with van der Waals surface area (Å²) in [6, 6.07) is 3.44. The average molecular weight is 245 g/mol. The molecule has 1 N–H and O–H groups in total. The Kier molecular flexibility index (Phi) is 2.93. The molecule has 0 amide bonds. The van der Waals surface area contributed by atoms with E-state index in [1.54, 1.807) is 19.1 Å². The fourth-order valence-electron chi connectivity index (χ4n) is 1.07. The molecule has 0 atom stereocenters. The highest BCUT2D eigenvalue weighted by molar-refractivity contribution is 9.10. The molecule has 4 heteroatoms. The largest absolute Gasteiger partial charge is 0.496 e. The number of benzene rings is 1. The van der Waals surface area contributed by atoms with E-state index in [-0.39, 0.29) is 5.56 Å². The minimum absolute atomic E-state index is 0.249. The maximum absolute atomic E-state index is 10.8. The zero-order valence-corrected chi connectivity index (χ0v) is 8.88. The smallest absolute Gasteiger partial charge is 0.337 e. The Bertz CT molecular complexity index is 347. The zero-order valence-electron chi connectivity index (χ0n) is 7.30. The van der Waals surface area contributed by atoms with Gasteiger partial charge in [0.25, 0.3) is 0 Å². The molecule has 0 aliphatic heterocycles. The van der Waals surface area contributed by atoms with Gasteiger partial charge in [0.05, 0.1) is 17.1 Å². The maximum Gasteiger partial charge on any atom is 0.337 e. The minimum Gasteiger partial charge on any atom is -0.496 e. The normalized spacial score (nSPS) is 9.77. The van der Waals surface area contributed by atoms with Crippen LogP contribution in [0.5, 0.6) is 5.75 Å². The summed E-state index contributed by atoms with van der Waals surface area (Å²) in [5, 5.41) is 8.88. The first kappa shape index (κ1) is 10.1. The molecule has 1 aromatic carbocycles. The van der Waals surface area contributed by atoms with Crippen molar-refractivity contribution in [1.29, 1.82) is 0 Å². The molecule has 13 heavy (non-hydrogen) atoms. The van der Waals surface area contributed by atoms with E-state index in [1.807, 2.05) is 0 Å². The molecule has 0 heterocycles. The Morgan fingerprint density at radius 3 is 2.62 bits per heavy atom. The molecule has 0 bridgehead atoms. The van der Waals surface area contributed by atoms with Crippen molar-refractivity contribution in [3.8, 4) is 5.75 Å². The summed E-state index contributed by atoms with van der Waals surface area (Å²) in [5.41, 5.74) is 0.958. The van der Waals surface area contributed by atoms with Crippen LogP contribution < -0.4 is 4.74 Å². The van der Waals surface area contributed by atoms with Crippen molar-refractivity contribution in [2.24, 2.45) is 0 Å². The van der Waals surface area contributed by atoms with E-state index >= 15 is 0 Å². The van der Waals surface area contributed by atoms with Crippen molar-refractivity contribution in [3.63, 3.8) is 0 Å². The molecule has 0 unspecified atom stereocenters. The number of carboxylic acid groups (broad SMARTS) is 1. The van der Waals surface area contributed by atoms with Crippen molar-refractivity contribution < 1.29 is 14.6 Å². The van der Waals surface area contributed by atoms with Gasteiger partial charge < -0.3 is 9.84 Å². The van der Waals surface area contributed by atoms with Gasteiger partial charge in [-0.1, -0.05) is 6.07 Å². The summed E-state index contributed by atoms with van der Waals surface area (Å²) in [4.78, 5) is 10.8. The number of methoxy groups -OCH3 is 1. The summed E-state index contributed by atoms with van der Waals surface area (Å²) >= 11 is 3.19. The lowest BCUT2D eigenvalue weighted by Crippen LogP contribution is -2.02. The molecule has 0 radical (unpaired) electrons. The fourth-order valence-corrected chi connectivity index (χ4v) is 1.85. The number of hydrogen-bond donors (Lipinski definition) is 1. The van der Waals surface area contributed by atoms with Crippen LogP contribution in [0.1, 0.15) is 15.9 Å². The number of halogens is 1. The molecule has 70 valence electrons. The Morgan fingerprint density at radius 2 is 2.15 bits per heavy atom. The molecule has 1 aromatic rings. The Morgan fingerprint density at radius 1 is 1.54 bits per heavy atom. The molecular formula is C9H9BrO3. The second-order valence-electron chi connectivity index (χ2n) is 2.58. The number of rotatable bonds is 2. The predicted molar refractivity (Wildman–Crippen MR) is 52.4 cm³/mol. The lowest BCUT2D eigenvalue weighted by molar-refractivity contribution is 0.0694. The monoisotopic (exact) mass is 244 g/mol. The number of aromatic carboxylic acids is 1. The van der Waals surface area contributed by atoms with E-state index in [0.29, 0.717) is 15.8 Å². The molecular weight excluding hydrogens is 236 g/mol. The third-order valence-corrected chi connectivity index (χ3v) is 2.54. The van der Waals surface area contributed by atoms with E-state index in [2.05, 4.69) is 15.9 Å². The molecule has 0 saturated heterocycles. The lowest BCUT2D eigenvalue weighted by atomic mass is 10.1. The van der Waals surface area contributed by atoms with Gasteiger partial charge in [-0.25, -0.2) is 4.79 Å². The van der Waals surface area contributed by atoms with Gasteiger partial charge in [-0.2, -0.15) is 0 Å². The van der Waals surface area contributed by atoms with E-state index in [9.17, 15) is 4.79 Å². The first-order valence-electron chi connectivity index (χ1n) is 3.64. The van der Waals surface area contributed by atoms with Gasteiger partial charge in [-0.3, -0.25) is 0 Å². The summed E-state index contributed by atoms with van der Waals surface area (Å²) in [6.07, 6.45) is 0. The second kappa shape index (κ2) is 3.79. The molecule has 1 rings (SSSR count). The average Bonchev–Trinajstić information content (AvgIpc) is 2.04. The van der Waals surface area contributed by atoms with Crippen LogP contribution in [0, 0.1) is 6.92 Å². The van der Waals surface area contributed by atoms with Crippen LogP contribution in [0.3, 0.4) is 0 Å². The topological polar surface area (TPSA) is 46.5 Å². The highest BCUT2D eigenvalue weighted by Gasteiger charge is 2.15. The summed E-state index contributed by atoms with van der Waals surface area (Å²) in [7, 11) is 1.50. The molecule has 0 aromatic heterocycles.